The molecule has 0 spiro atoms. The number of imidazole rings is 1. The van der Waals surface area contributed by atoms with Gasteiger partial charge in [0.05, 0.1) is 23.3 Å². The van der Waals surface area contributed by atoms with Crippen LogP contribution in [-0.4, -0.2) is 27.0 Å². The number of allylic oxidation sites excluding steroid dienone is 3. The highest BCUT2D eigenvalue weighted by atomic mass is 32.1. The molecule has 9 heteroatoms. The van der Waals surface area contributed by atoms with Crippen molar-refractivity contribution in [1.29, 1.82) is 0 Å². The standard InChI is InChI=1S/C32H31N7OS/c1-32(2,3)13-26(40)35-21-10-19(14-34-15-21)17-4-7-24-23(11-17)27(29-31(36-24)39-29)30-37-25-12-20(33)5-6-22(28(25)38-30)18-8-9-41-16-18/h4-11,14-16,31,36,39H,12-13,33H2,1-3H3,(H,35,40)(H,37,38). The Kier molecular flexibility index (Phi) is 5.86. The number of anilines is 2. The highest BCUT2D eigenvalue weighted by Gasteiger charge is 2.40. The van der Waals surface area contributed by atoms with Crippen LogP contribution >= 0.6 is 11.3 Å². The fraction of sp³-hybridized carbons (Fsp3) is 0.219. The number of H-pyrrole nitrogens is 1. The van der Waals surface area contributed by atoms with Gasteiger partial charge in [-0.2, -0.15) is 11.3 Å². The Balaban J connectivity index is 1.25. The number of fused-ring (bicyclic) bond motifs is 3. The molecule has 1 fully saturated rings. The first-order valence-electron chi connectivity index (χ1n) is 13.7. The van der Waals surface area contributed by atoms with Gasteiger partial charge in [-0.3, -0.25) is 9.78 Å². The fourth-order valence-corrected chi connectivity index (χ4v) is 6.12. The molecule has 8 nitrogen and oxygen atoms in total. The van der Waals surface area contributed by atoms with E-state index in [1.54, 1.807) is 17.5 Å². The second-order valence-electron chi connectivity index (χ2n) is 11.9. The Hall–Kier alpha value is -4.63. The van der Waals surface area contributed by atoms with Crippen LogP contribution in [0.15, 0.2) is 77.0 Å². The molecule has 1 aliphatic carbocycles. The predicted octanol–water partition coefficient (Wildman–Crippen LogP) is 5.85. The van der Waals surface area contributed by atoms with Crippen molar-refractivity contribution in [1.82, 2.24) is 20.3 Å². The average molecular weight is 562 g/mol. The van der Waals surface area contributed by atoms with E-state index in [9.17, 15) is 4.79 Å². The first kappa shape index (κ1) is 25.3. The first-order valence-corrected chi connectivity index (χ1v) is 14.6. The monoisotopic (exact) mass is 561 g/mol. The lowest BCUT2D eigenvalue weighted by Gasteiger charge is -2.18. The second kappa shape index (κ2) is 9.49. The fourth-order valence-electron chi connectivity index (χ4n) is 5.47. The number of thiophene rings is 1. The predicted molar refractivity (Wildman–Crippen MR) is 165 cm³/mol. The van der Waals surface area contributed by atoms with E-state index in [0.29, 0.717) is 18.5 Å². The number of hydrogen-bond donors (Lipinski definition) is 5. The minimum absolute atomic E-state index is 0.0205. The third-order valence-corrected chi connectivity index (χ3v) is 8.04. The summed E-state index contributed by atoms with van der Waals surface area (Å²) in [5, 5.41) is 14.3. The lowest BCUT2D eigenvalue weighted by atomic mass is 9.92. The molecule has 3 aromatic heterocycles. The Morgan fingerprint density at radius 2 is 1.98 bits per heavy atom. The number of nitrogens with two attached hydrogens (primary N) is 1. The summed E-state index contributed by atoms with van der Waals surface area (Å²) in [5.74, 6) is 0.796. The molecule has 3 aliphatic rings. The third kappa shape index (κ3) is 4.93. The molecule has 0 bridgehead atoms. The zero-order valence-electron chi connectivity index (χ0n) is 23.1. The maximum atomic E-state index is 12.5. The Morgan fingerprint density at radius 1 is 1.10 bits per heavy atom. The molecule has 6 N–H and O–H groups in total. The molecule has 1 unspecified atom stereocenters. The van der Waals surface area contributed by atoms with Gasteiger partial charge in [0.2, 0.25) is 5.91 Å². The Bertz CT molecular complexity index is 1790. The van der Waals surface area contributed by atoms with Gasteiger partial charge in [-0.05, 0) is 57.6 Å². The third-order valence-electron chi connectivity index (χ3n) is 7.36. The van der Waals surface area contributed by atoms with Crippen molar-refractivity contribution in [3.63, 3.8) is 0 Å². The normalized spacial score (nSPS) is 17.2. The van der Waals surface area contributed by atoms with E-state index in [1.807, 2.05) is 18.3 Å². The molecule has 1 amide bonds. The van der Waals surface area contributed by atoms with Gasteiger partial charge in [-0.1, -0.05) is 32.9 Å². The summed E-state index contributed by atoms with van der Waals surface area (Å²) in [5.41, 5.74) is 18.0. The molecule has 0 radical (unpaired) electrons. The lowest BCUT2D eigenvalue weighted by molar-refractivity contribution is -0.117. The van der Waals surface area contributed by atoms with E-state index in [0.717, 1.165) is 67.7 Å². The summed E-state index contributed by atoms with van der Waals surface area (Å²) >= 11 is 1.67. The Labute approximate surface area is 242 Å². The van der Waals surface area contributed by atoms with Crippen molar-refractivity contribution in [2.45, 2.75) is 39.8 Å². The highest BCUT2D eigenvalue weighted by Crippen LogP contribution is 2.44. The summed E-state index contributed by atoms with van der Waals surface area (Å²) in [7, 11) is 0. The second-order valence-corrected chi connectivity index (χ2v) is 12.7. The van der Waals surface area contributed by atoms with Crippen molar-refractivity contribution in [3.05, 3.63) is 105 Å². The number of hydrogen-bond acceptors (Lipinski definition) is 7. The number of carbonyl (C=O) groups is 1. The topological polar surface area (TPSA) is 131 Å². The van der Waals surface area contributed by atoms with Gasteiger partial charge < -0.3 is 26.7 Å². The molecule has 2 aliphatic heterocycles. The molecule has 1 saturated heterocycles. The molecule has 1 atom stereocenters. The van der Waals surface area contributed by atoms with Gasteiger partial charge in [-0.15, -0.1) is 0 Å². The molecule has 5 heterocycles. The first-order chi connectivity index (χ1) is 19.7. The molecular weight excluding hydrogens is 530 g/mol. The van der Waals surface area contributed by atoms with Gasteiger partial charge in [0.25, 0.3) is 0 Å². The van der Waals surface area contributed by atoms with E-state index in [4.69, 9.17) is 10.7 Å². The number of nitrogens with zero attached hydrogens (tertiary/aromatic N) is 2. The van der Waals surface area contributed by atoms with E-state index in [-0.39, 0.29) is 17.5 Å². The molecule has 1 aromatic carbocycles. The van der Waals surface area contributed by atoms with Gasteiger partial charge in [0, 0.05) is 58.4 Å². The van der Waals surface area contributed by atoms with Crippen LogP contribution in [0, 0.1) is 5.41 Å². The van der Waals surface area contributed by atoms with Crippen molar-refractivity contribution >= 4 is 39.8 Å². The number of amides is 1. The van der Waals surface area contributed by atoms with E-state index in [2.05, 4.69) is 87.8 Å². The van der Waals surface area contributed by atoms with Crippen LogP contribution in [0.1, 0.15) is 55.5 Å². The maximum absolute atomic E-state index is 12.5. The van der Waals surface area contributed by atoms with Gasteiger partial charge in [0.1, 0.15) is 12.0 Å². The van der Waals surface area contributed by atoms with Crippen LogP contribution in [0.3, 0.4) is 0 Å². The molecule has 7 rings (SSSR count). The zero-order chi connectivity index (χ0) is 28.3. The smallest absolute Gasteiger partial charge is 0.224 e. The number of benzene rings is 1. The van der Waals surface area contributed by atoms with E-state index < -0.39 is 0 Å². The van der Waals surface area contributed by atoms with Gasteiger partial charge >= 0.3 is 0 Å². The largest absolute Gasteiger partial charge is 0.402 e. The molecule has 41 heavy (non-hydrogen) atoms. The average Bonchev–Trinajstić information content (AvgIpc) is 3.32. The van der Waals surface area contributed by atoms with Crippen LogP contribution < -0.4 is 21.7 Å². The quantitative estimate of drug-likeness (QED) is 0.194. The summed E-state index contributed by atoms with van der Waals surface area (Å²) in [6, 6.07) is 10.4. The summed E-state index contributed by atoms with van der Waals surface area (Å²) in [6.45, 7) is 6.15. The van der Waals surface area contributed by atoms with Gasteiger partial charge in [-0.25, -0.2) is 4.98 Å². The SMILES string of the molecule is CC(C)(C)CC(=O)Nc1cncc(-c2ccc3c(c2)C(c2nc4c([nH]2)CC(N)=CC=C4c2ccsc2)=C2NC2N3)c1. The van der Waals surface area contributed by atoms with E-state index in [1.165, 1.54) is 0 Å². The summed E-state index contributed by atoms with van der Waals surface area (Å²) in [6.07, 6.45) is 8.69. The van der Waals surface area contributed by atoms with Crippen molar-refractivity contribution < 1.29 is 4.79 Å². The number of aromatic amines is 1. The molecule has 0 saturated carbocycles. The zero-order valence-corrected chi connectivity index (χ0v) is 23.9. The van der Waals surface area contributed by atoms with Crippen molar-refractivity contribution in [2.75, 3.05) is 10.6 Å². The van der Waals surface area contributed by atoms with Crippen molar-refractivity contribution in [3.8, 4) is 11.1 Å². The van der Waals surface area contributed by atoms with Crippen LogP contribution in [0.25, 0.3) is 22.3 Å². The lowest BCUT2D eigenvalue weighted by Crippen LogP contribution is -2.19. The van der Waals surface area contributed by atoms with Crippen LogP contribution in [-0.2, 0) is 11.2 Å². The highest BCUT2D eigenvalue weighted by molar-refractivity contribution is 7.08. The van der Waals surface area contributed by atoms with E-state index >= 15 is 0 Å². The minimum Gasteiger partial charge on any atom is -0.402 e. The maximum Gasteiger partial charge on any atom is 0.224 e. The number of aromatic nitrogens is 3. The molecular formula is C32H31N7OS. The van der Waals surface area contributed by atoms with Crippen molar-refractivity contribution in [2.24, 2.45) is 11.1 Å². The molecule has 4 aromatic rings. The van der Waals surface area contributed by atoms with Crippen LogP contribution in [0.2, 0.25) is 0 Å². The number of carbonyl (C=O) groups excluding carboxylic acids is 1. The summed E-state index contributed by atoms with van der Waals surface area (Å²) < 4.78 is 0. The molecule has 206 valence electrons. The van der Waals surface area contributed by atoms with Crippen LogP contribution in [0.4, 0.5) is 11.4 Å². The summed E-state index contributed by atoms with van der Waals surface area (Å²) in [4.78, 5) is 25.8. The number of nitrogens with one attached hydrogen (secondary N) is 4. The van der Waals surface area contributed by atoms with Crippen LogP contribution in [0.5, 0.6) is 0 Å². The van der Waals surface area contributed by atoms with Gasteiger partial charge in [0.15, 0.2) is 0 Å². The minimum atomic E-state index is -0.0916. The Morgan fingerprint density at radius 3 is 2.78 bits per heavy atom. The number of rotatable bonds is 5. The number of pyridine rings is 1.